The van der Waals surface area contributed by atoms with Crippen LogP contribution in [0.15, 0.2) is 47.5 Å². The van der Waals surface area contributed by atoms with Crippen molar-refractivity contribution in [2.24, 2.45) is 7.05 Å². The number of aromatic nitrogens is 3. The van der Waals surface area contributed by atoms with Crippen LogP contribution in [0.3, 0.4) is 0 Å². The molecule has 0 bridgehead atoms. The van der Waals surface area contributed by atoms with Gasteiger partial charge in [0.1, 0.15) is 5.82 Å². The summed E-state index contributed by atoms with van der Waals surface area (Å²) in [6, 6.07) is 9.53. The average Bonchev–Trinajstić information content (AvgIpc) is 2.97. The number of pyridine rings is 1. The Balaban J connectivity index is 1.87. The summed E-state index contributed by atoms with van der Waals surface area (Å²) in [5.74, 6) is 0.936. The zero-order valence-electron chi connectivity index (χ0n) is 11.3. The molecule has 0 saturated heterocycles. The van der Waals surface area contributed by atoms with Crippen LogP contribution < -0.4 is 10.9 Å². The van der Waals surface area contributed by atoms with Gasteiger partial charge in [-0.2, -0.15) is 0 Å². The molecule has 2 N–H and O–H groups in total. The number of benzene rings is 1. The molecule has 0 aliphatic heterocycles. The molecule has 0 aliphatic carbocycles. The molecule has 2 aromatic heterocycles. The van der Waals surface area contributed by atoms with E-state index < -0.39 is 0 Å². The van der Waals surface area contributed by atoms with Gasteiger partial charge < -0.3 is 14.9 Å². The van der Waals surface area contributed by atoms with Crippen LogP contribution in [-0.2, 0) is 13.5 Å². The number of aromatic amines is 1. The zero-order chi connectivity index (χ0) is 13.9. The number of rotatable bonds is 4. The summed E-state index contributed by atoms with van der Waals surface area (Å²) in [5.41, 5.74) is 1.79. The second-order valence-corrected chi connectivity index (χ2v) is 4.69. The van der Waals surface area contributed by atoms with Crippen molar-refractivity contribution in [3.05, 3.63) is 58.9 Å². The maximum atomic E-state index is 12.0. The van der Waals surface area contributed by atoms with Crippen LogP contribution in [0.2, 0.25) is 0 Å². The maximum Gasteiger partial charge on any atom is 0.252 e. The van der Waals surface area contributed by atoms with Crippen molar-refractivity contribution in [1.82, 2.24) is 14.5 Å². The molecule has 0 atom stereocenters. The molecule has 1 aromatic carbocycles. The van der Waals surface area contributed by atoms with Gasteiger partial charge in [-0.1, -0.05) is 18.2 Å². The van der Waals surface area contributed by atoms with Gasteiger partial charge in [0.2, 0.25) is 0 Å². The van der Waals surface area contributed by atoms with Gasteiger partial charge in [-0.3, -0.25) is 4.79 Å². The Labute approximate surface area is 116 Å². The highest BCUT2D eigenvalue weighted by Gasteiger charge is 2.05. The molecule has 0 aliphatic rings. The van der Waals surface area contributed by atoms with Crippen molar-refractivity contribution >= 4 is 16.6 Å². The fourth-order valence-electron chi connectivity index (χ4n) is 2.31. The molecule has 102 valence electrons. The van der Waals surface area contributed by atoms with Crippen molar-refractivity contribution in [2.75, 3.05) is 11.9 Å². The van der Waals surface area contributed by atoms with Crippen molar-refractivity contribution in [2.45, 2.75) is 6.42 Å². The number of anilines is 1. The predicted octanol–water partition coefficient (Wildman–Crippen LogP) is 1.92. The molecule has 5 nitrogen and oxygen atoms in total. The first-order valence-corrected chi connectivity index (χ1v) is 6.56. The first-order valence-electron chi connectivity index (χ1n) is 6.56. The molecule has 0 unspecified atom stereocenters. The summed E-state index contributed by atoms with van der Waals surface area (Å²) in [5, 5.41) is 4.37. The third-order valence-electron chi connectivity index (χ3n) is 3.39. The van der Waals surface area contributed by atoms with E-state index in [1.165, 1.54) is 0 Å². The van der Waals surface area contributed by atoms with Crippen LogP contribution >= 0.6 is 0 Å². The Bertz CT molecular complexity index is 774. The minimum atomic E-state index is -0.0100. The third kappa shape index (κ3) is 2.30. The standard InChI is InChI=1S/C15H16N4O/c1-19-13-5-3-2-4-11(13)12(10-15(19)20)16-7-6-14-17-8-9-18-14/h2-5,8-10,16H,6-7H2,1H3,(H,17,18). The molecule has 0 fully saturated rings. The Hall–Kier alpha value is -2.56. The van der Waals surface area contributed by atoms with Crippen LogP contribution in [0, 0.1) is 0 Å². The summed E-state index contributed by atoms with van der Waals surface area (Å²) >= 11 is 0. The van der Waals surface area contributed by atoms with Crippen LogP contribution in [0.25, 0.3) is 10.9 Å². The Morgan fingerprint density at radius 3 is 3.00 bits per heavy atom. The van der Waals surface area contributed by atoms with E-state index in [1.807, 2.05) is 30.5 Å². The first-order chi connectivity index (χ1) is 9.75. The van der Waals surface area contributed by atoms with E-state index in [-0.39, 0.29) is 5.56 Å². The van der Waals surface area contributed by atoms with Gasteiger partial charge in [-0.25, -0.2) is 4.98 Å². The molecule has 0 spiro atoms. The Kier molecular flexibility index (Phi) is 3.25. The van der Waals surface area contributed by atoms with Crippen molar-refractivity contribution in [1.29, 1.82) is 0 Å². The highest BCUT2D eigenvalue weighted by molar-refractivity contribution is 5.91. The lowest BCUT2D eigenvalue weighted by molar-refractivity contribution is 0.900. The third-order valence-corrected chi connectivity index (χ3v) is 3.39. The number of hydrogen-bond acceptors (Lipinski definition) is 3. The molecule has 0 radical (unpaired) electrons. The van der Waals surface area contributed by atoms with Gasteiger partial charge >= 0.3 is 0 Å². The van der Waals surface area contributed by atoms with Gasteiger partial charge in [0.25, 0.3) is 5.56 Å². The van der Waals surface area contributed by atoms with Crippen LogP contribution in [0.1, 0.15) is 5.82 Å². The average molecular weight is 268 g/mol. The number of imidazole rings is 1. The number of fused-ring (bicyclic) bond motifs is 1. The van der Waals surface area contributed by atoms with Crippen LogP contribution in [-0.4, -0.2) is 21.1 Å². The predicted molar refractivity (Wildman–Crippen MR) is 80.0 cm³/mol. The fraction of sp³-hybridized carbons (Fsp3) is 0.200. The topological polar surface area (TPSA) is 62.7 Å². The van der Waals surface area contributed by atoms with E-state index in [0.29, 0.717) is 0 Å². The SMILES string of the molecule is Cn1c(=O)cc(NCCc2ncc[nH]2)c2ccccc21. The van der Waals surface area contributed by atoms with E-state index in [4.69, 9.17) is 0 Å². The molecular formula is C15H16N4O. The van der Waals surface area contributed by atoms with Crippen molar-refractivity contribution in [3.8, 4) is 0 Å². The monoisotopic (exact) mass is 268 g/mol. The quantitative estimate of drug-likeness (QED) is 0.760. The summed E-state index contributed by atoms with van der Waals surface area (Å²) in [4.78, 5) is 19.2. The molecule has 3 rings (SSSR count). The van der Waals surface area contributed by atoms with Gasteiger partial charge in [-0.15, -0.1) is 0 Å². The minimum absolute atomic E-state index is 0.0100. The minimum Gasteiger partial charge on any atom is -0.384 e. The molecular weight excluding hydrogens is 252 g/mol. The number of para-hydroxylation sites is 1. The summed E-state index contributed by atoms with van der Waals surface area (Å²) in [6.07, 6.45) is 4.34. The zero-order valence-corrected chi connectivity index (χ0v) is 11.3. The number of nitrogens with one attached hydrogen (secondary N) is 2. The Morgan fingerprint density at radius 2 is 2.20 bits per heavy atom. The second kappa shape index (κ2) is 5.21. The summed E-state index contributed by atoms with van der Waals surface area (Å²) < 4.78 is 1.66. The van der Waals surface area contributed by atoms with E-state index in [0.717, 1.165) is 35.4 Å². The molecule has 0 amide bonds. The molecule has 0 saturated carbocycles. The molecule has 20 heavy (non-hydrogen) atoms. The van der Waals surface area contributed by atoms with E-state index in [2.05, 4.69) is 15.3 Å². The van der Waals surface area contributed by atoms with Gasteiger partial charge in [0, 0.05) is 49.5 Å². The Morgan fingerprint density at radius 1 is 1.35 bits per heavy atom. The number of nitrogens with zero attached hydrogens (tertiary/aromatic N) is 2. The molecule has 2 heterocycles. The number of H-pyrrole nitrogens is 1. The van der Waals surface area contributed by atoms with Crippen molar-refractivity contribution < 1.29 is 0 Å². The highest BCUT2D eigenvalue weighted by Crippen LogP contribution is 2.20. The number of aryl methyl sites for hydroxylation is 1. The smallest absolute Gasteiger partial charge is 0.252 e. The lowest BCUT2D eigenvalue weighted by Crippen LogP contribution is -2.18. The fourth-order valence-corrected chi connectivity index (χ4v) is 2.31. The number of hydrogen-bond donors (Lipinski definition) is 2. The van der Waals surface area contributed by atoms with Crippen molar-refractivity contribution in [3.63, 3.8) is 0 Å². The second-order valence-electron chi connectivity index (χ2n) is 4.69. The summed E-state index contributed by atoms with van der Waals surface area (Å²) in [7, 11) is 1.79. The largest absolute Gasteiger partial charge is 0.384 e. The lowest BCUT2D eigenvalue weighted by atomic mass is 10.1. The first kappa shape index (κ1) is 12.5. The normalized spacial score (nSPS) is 10.8. The lowest BCUT2D eigenvalue weighted by Gasteiger charge is -2.11. The van der Waals surface area contributed by atoms with E-state index >= 15 is 0 Å². The van der Waals surface area contributed by atoms with Crippen LogP contribution in [0.5, 0.6) is 0 Å². The highest BCUT2D eigenvalue weighted by atomic mass is 16.1. The van der Waals surface area contributed by atoms with E-state index in [1.54, 1.807) is 23.9 Å². The molecule has 3 aromatic rings. The molecule has 5 heteroatoms. The van der Waals surface area contributed by atoms with E-state index in [9.17, 15) is 4.79 Å². The maximum absolute atomic E-state index is 12.0. The van der Waals surface area contributed by atoms with Crippen LogP contribution in [0.4, 0.5) is 5.69 Å². The van der Waals surface area contributed by atoms with Gasteiger partial charge in [-0.05, 0) is 6.07 Å². The van der Waals surface area contributed by atoms with Gasteiger partial charge in [0.15, 0.2) is 0 Å². The summed E-state index contributed by atoms with van der Waals surface area (Å²) in [6.45, 7) is 0.727. The van der Waals surface area contributed by atoms with Gasteiger partial charge in [0.05, 0.1) is 5.52 Å².